The molecule has 0 bridgehead atoms. The Balaban J connectivity index is 1.39. The Hall–Kier alpha value is -3.87. The lowest BCUT2D eigenvalue weighted by Gasteiger charge is -2.19. The number of sulfonamides is 1. The standard InChI is InChI=1S/C33H35BrN6O4S/c1-19(2)15-38-45(43,44)30-13-25-28(40-33(42)37-16-20-5-9-23(34)10-6-20)14-29(39-32(41)22-4-3-11-35-17-22)31(25)26-18-36-27(12-24(26)30)21-7-8-21/h3-6,9-13,17-19,21,28-29,38H,7-8,14-16H2,1-2H3,(H,39,41)(H2,37,40,42)/t28-,29-/m1/s1. The molecule has 0 saturated heterocycles. The van der Waals surface area contributed by atoms with Crippen molar-refractivity contribution in [2.75, 3.05) is 6.54 Å². The van der Waals surface area contributed by atoms with E-state index in [2.05, 4.69) is 41.6 Å². The second kappa shape index (κ2) is 12.9. The summed E-state index contributed by atoms with van der Waals surface area (Å²) in [7, 11) is -3.92. The molecule has 10 nitrogen and oxygen atoms in total. The number of pyridine rings is 2. The summed E-state index contributed by atoms with van der Waals surface area (Å²) in [5, 5.41) is 10.2. The molecule has 0 unspecified atom stereocenters. The van der Waals surface area contributed by atoms with Gasteiger partial charge in [-0.3, -0.25) is 14.8 Å². The van der Waals surface area contributed by atoms with Crippen molar-refractivity contribution in [3.8, 4) is 0 Å². The molecule has 2 heterocycles. The van der Waals surface area contributed by atoms with Crippen molar-refractivity contribution in [1.29, 1.82) is 0 Å². The van der Waals surface area contributed by atoms with Crippen LogP contribution in [0.4, 0.5) is 4.79 Å². The van der Waals surface area contributed by atoms with Gasteiger partial charge < -0.3 is 16.0 Å². The molecule has 0 spiro atoms. The molecule has 0 aliphatic heterocycles. The van der Waals surface area contributed by atoms with Crippen LogP contribution in [0.1, 0.15) is 83.9 Å². The van der Waals surface area contributed by atoms with Gasteiger partial charge in [0, 0.05) is 58.5 Å². The van der Waals surface area contributed by atoms with E-state index in [1.165, 1.54) is 6.20 Å². The Labute approximate surface area is 271 Å². The lowest BCUT2D eigenvalue weighted by molar-refractivity contribution is 0.0935. The summed E-state index contributed by atoms with van der Waals surface area (Å²) in [5.74, 6) is 0.109. The Morgan fingerprint density at radius 3 is 2.47 bits per heavy atom. The lowest BCUT2D eigenvalue weighted by Crippen LogP contribution is -2.37. The monoisotopic (exact) mass is 690 g/mol. The average molecular weight is 692 g/mol. The Morgan fingerprint density at radius 1 is 1.00 bits per heavy atom. The first-order valence-corrected chi connectivity index (χ1v) is 17.3. The minimum absolute atomic E-state index is 0.111. The summed E-state index contributed by atoms with van der Waals surface area (Å²) in [6, 6.07) is 13.1. The summed E-state index contributed by atoms with van der Waals surface area (Å²) in [5.41, 5.74) is 3.56. The molecule has 0 radical (unpaired) electrons. The molecule has 3 amide bonds. The van der Waals surface area contributed by atoms with Crippen LogP contribution in [-0.4, -0.2) is 36.9 Å². The SMILES string of the molecule is CC(C)CNS(=O)(=O)c1cc2c(c3cnc(C4CC4)cc13)[C@H](NC(=O)c1cccnc1)C[C@H]2NC(=O)NCc1ccc(Br)cc1. The maximum atomic E-state index is 13.8. The van der Waals surface area contributed by atoms with E-state index in [-0.39, 0.29) is 23.3 Å². The van der Waals surface area contributed by atoms with Crippen LogP contribution in [0.2, 0.25) is 0 Å². The predicted molar refractivity (Wildman–Crippen MR) is 175 cm³/mol. The number of nitrogens with one attached hydrogen (secondary N) is 4. The van der Waals surface area contributed by atoms with Crippen LogP contribution in [0.5, 0.6) is 0 Å². The maximum Gasteiger partial charge on any atom is 0.315 e. The topological polar surface area (TPSA) is 142 Å². The van der Waals surface area contributed by atoms with Crippen LogP contribution < -0.4 is 20.7 Å². The highest BCUT2D eigenvalue weighted by atomic mass is 79.9. The molecule has 2 aromatic carbocycles. The van der Waals surface area contributed by atoms with Crippen molar-refractivity contribution in [2.45, 2.75) is 62.6 Å². The van der Waals surface area contributed by atoms with Crippen LogP contribution in [-0.2, 0) is 16.6 Å². The minimum atomic E-state index is -3.92. The van der Waals surface area contributed by atoms with Crippen LogP contribution >= 0.6 is 15.9 Å². The second-order valence-electron chi connectivity index (χ2n) is 12.1. The molecule has 2 aliphatic carbocycles. The average Bonchev–Trinajstić information content (AvgIpc) is 3.83. The number of carbonyl (C=O) groups is 2. The molecule has 1 saturated carbocycles. The first-order valence-electron chi connectivity index (χ1n) is 15.0. The molecule has 4 N–H and O–H groups in total. The number of carbonyl (C=O) groups excluding carboxylic acids is 2. The number of amides is 3. The van der Waals surface area contributed by atoms with Crippen molar-refractivity contribution in [1.82, 2.24) is 30.6 Å². The molecule has 1 fully saturated rings. The first-order chi connectivity index (χ1) is 21.6. The van der Waals surface area contributed by atoms with Crippen LogP contribution in [0.25, 0.3) is 10.8 Å². The van der Waals surface area contributed by atoms with Gasteiger partial charge in [0.2, 0.25) is 10.0 Å². The van der Waals surface area contributed by atoms with Gasteiger partial charge in [0.25, 0.3) is 5.91 Å². The van der Waals surface area contributed by atoms with E-state index >= 15 is 0 Å². The molecule has 45 heavy (non-hydrogen) atoms. The smallest absolute Gasteiger partial charge is 0.315 e. The minimum Gasteiger partial charge on any atom is -0.345 e. The third kappa shape index (κ3) is 7.03. The molecule has 234 valence electrons. The zero-order chi connectivity index (χ0) is 31.7. The summed E-state index contributed by atoms with van der Waals surface area (Å²) in [4.78, 5) is 35.4. The lowest BCUT2D eigenvalue weighted by atomic mass is 9.98. The van der Waals surface area contributed by atoms with Gasteiger partial charge in [-0.15, -0.1) is 0 Å². The number of rotatable bonds is 10. The van der Waals surface area contributed by atoms with Gasteiger partial charge in [-0.1, -0.05) is 41.9 Å². The first kappa shape index (κ1) is 31.1. The van der Waals surface area contributed by atoms with Crippen LogP contribution in [0, 0.1) is 5.92 Å². The molecule has 6 rings (SSSR count). The van der Waals surface area contributed by atoms with Crippen molar-refractivity contribution in [2.24, 2.45) is 5.92 Å². The molecule has 2 atom stereocenters. The number of benzene rings is 2. The highest BCUT2D eigenvalue weighted by molar-refractivity contribution is 9.10. The number of hydrogen-bond donors (Lipinski definition) is 4. The third-order valence-corrected chi connectivity index (χ3v) is 10.1. The Bertz CT molecular complexity index is 1850. The van der Waals surface area contributed by atoms with E-state index in [4.69, 9.17) is 4.98 Å². The van der Waals surface area contributed by atoms with Gasteiger partial charge in [0.15, 0.2) is 0 Å². The fourth-order valence-electron chi connectivity index (χ4n) is 5.68. The largest absolute Gasteiger partial charge is 0.345 e. The maximum absolute atomic E-state index is 13.8. The van der Waals surface area contributed by atoms with E-state index in [1.807, 2.05) is 44.2 Å². The Morgan fingerprint density at radius 2 is 1.78 bits per heavy atom. The summed E-state index contributed by atoms with van der Waals surface area (Å²) in [6.45, 7) is 4.48. The van der Waals surface area contributed by atoms with Crippen molar-refractivity contribution < 1.29 is 18.0 Å². The molecule has 2 aliphatic rings. The molecule has 2 aromatic heterocycles. The fraction of sp³-hybridized carbons (Fsp3) is 0.333. The highest BCUT2D eigenvalue weighted by Gasteiger charge is 2.38. The molecule has 4 aromatic rings. The van der Waals surface area contributed by atoms with Gasteiger partial charge in [-0.05, 0) is 78.3 Å². The Kier molecular flexibility index (Phi) is 8.89. The van der Waals surface area contributed by atoms with Gasteiger partial charge in [-0.2, -0.15) is 0 Å². The fourth-order valence-corrected chi connectivity index (χ4v) is 7.39. The molecule has 12 heteroatoms. The number of fused-ring (bicyclic) bond motifs is 3. The van der Waals surface area contributed by atoms with Crippen molar-refractivity contribution >= 4 is 48.7 Å². The van der Waals surface area contributed by atoms with E-state index in [0.717, 1.165) is 34.1 Å². The second-order valence-corrected chi connectivity index (χ2v) is 14.7. The zero-order valence-electron chi connectivity index (χ0n) is 25.0. The van der Waals surface area contributed by atoms with Crippen molar-refractivity contribution in [3.63, 3.8) is 0 Å². The quantitative estimate of drug-likeness (QED) is 0.170. The zero-order valence-corrected chi connectivity index (χ0v) is 27.4. The molecular formula is C33H35BrN6O4S. The normalized spacial score (nSPS) is 17.7. The van der Waals surface area contributed by atoms with Crippen LogP contribution in [0.15, 0.2) is 76.5 Å². The summed E-state index contributed by atoms with van der Waals surface area (Å²) >= 11 is 3.42. The van der Waals surface area contributed by atoms with Gasteiger partial charge in [0.1, 0.15) is 0 Å². The number of halogens is 1. The van der Waals surface area contributed by atoms with E-state index in [0.29, 0.717) is 40.8 Å². The summed E-state index contributed by atoms with van der Waals surface area (Å²) in [6.07, 6.45) is 7.18. The predicted octanol–water partition coefficient (Wildman–Crippen LogP) is 5.62. The van der Waals surface area contributed by atoms with Crippen molar-refractivity contribution in [3.05, 3.63) is 99.5 Å². The number of nitrogens with zero attached hydrogens (tertiary/aromatic N) is 2. The summed E-state index contributed by atoms with van der Waals surface area (Å²) < 4.78 is 31.3. The van der Waals surface area contributed by atoms with E-state index < -0.39 is 28.1 Å². The molecular weight excluding hydrogens is 656 g/mol. The van der Waals surface area contributed by atoms with Gasteiger partial charge >= 0.3 is 6.03 Å². The third-order valence-electron chi connectivity index (χ3n) is 8.14. The number of hydrogen-bond acceptors (Lipinski definition) is 6. The highest BCUT2D eigenvalue weighted by Crippen LogP contribution is 2.46. The van der Waals surface area contributed by atoms with E-state index in [1.54, 1.807) is 30.6 Å². The van der Waals surface area contributed by atoms with Gasteiger partial charge in [-0.25, -0.2) is 17.9 Å². The number of urea groups is 1. The van der Waals surface area contributed by atoms with Gasteiger partial charge in [0.05, 0.1) is 22.5 Å². The van der Waals surface area contributed by atoms with E-state index in [9.17, 15) is 18.0 Å². The number of aromatic nitrogens is 2. The van der Waals surface area contributed by atoms with Crippen LogP contribution in [0.3, 0.4) is 0 Å².